The molecule has 0 saturated heterocycles. The summed E-state index contributed by atoms with van der Waals surface area (Å²) in [7, 11) is 0. The van der Waals surface area contributed by atoms with Crippen LogP contribution in [0.3, 0.4) is 0 Å². The Hall–Kier alpha value is -3.34. The molecule has 0 aliphatic rings. The highest BCUT2D eigenvalue weighted by molar-refractivity contribution is 5.95. The van der Waals surface area contributed by atoms with Crippen molar-refractivity contribution in [2.45, 2.75) is 19.9 Å². The fourth-order valence-corrected chi connectivity index (χ4v) is 2.73. The van der Waals surface area contributed by atoms with E-state index < -0.39 is 0 Å². The Kier molecular flexibility index (Phi) is 6.05. The summed E-state index contributed by atoms with van der Waals surface area (Å²) < 4.78 is 5.62. The van der Waals surface area contributed by atoms with Crippen LogP contribution in [0, 0.1) is 0 Å². The number of nitrogens with zero attached hydrogens (tertiary/aromatic N) is 1. The molecule has 3 aromatic rings. The largest absolute Gasteiger partial charge is 0.492 e. The number of pyridine rings is 1. The molecule has 0 saturated carbocycles. The number of aromatic nitrogens is 1. The molecular formula is C22H23N3O2. The summed E-state index contributed by atoms with van der Waals surface area (Å²) in [6, 6.07) is 20.9. The van der Waals surface area contributed by atoms with Crippen LogP contribution in [-0.2, 0) is 0 Å². The first-order chi connectivity index (χ1) is 13.2. The SMILES string of the molecule is CCOc1ccccc1Nc1cc(C(=O)NC(C)c2ccccc2)ccn1. The van der Waals surface area contributed by atoms with Gasteiger partial charge in [0.25, 0.3) is 5.91 Å². The molecule has 27 heavy (non-hydrogen) atoms. The molecule has 2 aromatic carbocycles. The van der Waals surface area contributed by atoms with Gasteiger partial charge in [0.2, 0.25) is 0 Å². The number of nitrogens with one attached hydrogen (secondary N) is 2. The van der Waals surface area contributed by atoms with Gasteiger partial charge in [0, 0.05) is 11.8 Å². The summed E-state index contributed by atoms with van der Waals surface area (Å²) >= 11 is 0. The summed E-state index contributed by atoms with van der Waals surface area (Å²) in [4.78, 5) is 16.9. The minimum Gasteiger partial charge on any atom is -0.492 e. The summed E-state index contributed by atoms with van der Waals surface area (Å²) in [5, 5.41) is 6.24. The Bertz CT molecular complexity index is 897. The summed E-state index contributed by atoms with van der Waals surface area (Å²) in [5.74, 6) is 1.19. The zero-order chi connectivity index (χ0) is 19.1. The highest BCUT2D eigenvalue weighted by atomic mass is 16.5. The second-order valence-electron chi connectivity index (χ2n) is 6.09. The molecule has 5 nitrogen and oxygen atoms in total. The highest BCUT2D eigenvalue weighted by Crippen LogP contribution is 2.26. The number of para-hydroxylation sites is 2. The number of hydrogen-bond donors (Lipinski definition) is 2. The Morgan fingerprint density at radius 2 is 1.81 bits per heavy atom. The van der Waals surface area contributed by atoms with E-state index in [-0.39, 0.29) is 11.9 Å². The van der Waals surface area contributed by atoms with Crippen LogP contribution in [-0.4, -0.2) is 17.5 Å². The van der Waals surface area contributed by atoms with Gasteiger partial charge in [-0.05, 0) is 43.7 Å². The minimum atomic E-state index is -0.144. The van der Waals surface area contributed by atoms with Crippen LogP contribution in [0.25, 0.3) is 0 Å². The molecule has 138 valence electrons. The molecule has 1 aromatic heterocycles. The number of rotatable bonds is 7. The first kappa shape index (κ1) is 18.5. The monoisotopic (exact) mass is 361 g/mol. The van der Waals surface area contributed by atoms with E-state index in [0.717, 1.165) is 17.0 Å². The fourth-order valence-electron chi connectivity index (χ4n) is 2.73. The Balaban J connectivity index is 1.73. The molecule has 1 amide bonds. The first-order valence-electron chi connectivity index (χ1n) is 8.98. The standard InChI is InChI=1S/C22H23N3O2/c1-3-27-20-12-8-7-11-19(20)25-21-15-18(13-14-23-21)22(26)24-16(2)17-9-5-4-6-10-17/h4-16H,3H2,1-2H3,(H,23,25)(H,24,26). The number of anilines is 2. The number of ether oxygens (including phenoxy) is 1. The topological polar surface area (TPSA) is 63.2 Å². The molecule has 0 fully saturated rings. The van der Waals surface area contributed by atoms with Gasteiger partial charge in [0.15, 0.2) is 0 Å². The average Bonchev–Trinajstić information content (AvgIpc) is 2.70. The Morgan fingerprint density at radius 3 is 2.59 bits per heavy atom. The lowest BCUT2D eigenvalue weighted by Gasteiger charge is -2.15. The van der Waals surface area contributed by atoms with Gasteiger partial charge in [-0.3, -0.25) is 4.79 Å². The molecule has 0 radical (unpaired) electrons. The van der Waals surface area contributed by atoms with Gasteiger partial charge in [-0.15, -0.1) is 0 Å². The zero-order valence-corrected chi connectivity index (χ0v) is 15.5. The quantitative estimate of drug-likeness (QED) is 0.639. The van der Waals surface area contributed by atoms with Crippen molar-refractivity contribution in [3.8, 4) is 5.75 Å². The predicted octanol–water partition coefficient (Wildman–Crippen LogP) is 4.71. The van der Waals surface area contributed by atoms with Crippen LogP contribution in [0.2, 0.25) is 0 Å². The van der Waals surface area contributed by atoms with Crippen molar-refractivity contribution in [3.05, 3.63) is 84.1 Å². The summed E-state index contributed by atoms with van der Waals surface area (Å²) in [6.45, 7) is 4.48. The molecule has 0 aliphatic carbocycles. The lowest BCUT2D eigenvalue weighted by Crippen LogP contribution is -2.26. The van der Waals surface area contributed by atoms with Crippen molar-refractivity contribution in [3.63, 3.8) is 0 Å². The maximum absolute atomic E-state index is 12.6. The van der Waals surface area contributed by atoms with Crippen molar-refractivity contribution >= 4 is 17.4 Å². The molecule has 1 heterocycles. The fraction of sp³-hybridized carbons (Fsp3) is 0.182. The van der Waals surface area contributed by atoms with E-state index in [1.807, 2.05) is 68.4 Å². The van der Waals surface area contributed by atoms with Crippen molar-refractivity contribution < 1.29 is 9.53 Å². The van der Waals surface area contributed by atoms with Crippen molar-refractivity contribution in [1.82, 2.24) is 10.3 Å². The molecule has 0 spiro atoms. The molecule has 1 atom stereocenters. The lowest BCUT2D eigenvalue weighted by molar-refractivity contribution is 0.0940. The zero-order valence-electron chi connectivity index (χ0n) is 15.5. The Labute approximate surface area is 159 Å². The third-order valence-electron chi connectivity index (χ3n) is 4.12. The number of hydrogen-bond acceptors (Lipinski definition) is 4. The molecule has 0 bridgehead atoms. The second-order valence-corrected chi connectivity index (χ2v) is 6.09. The van der Waals surface area contributed by atoms with Crippen molar-refractivity contribution in [2.24, 2.45) is 0 Å². The van der Waals surface area contributed by atoms with Crippen molar-refractivity contribution in [2.75, 3.05) is 11.9 Å². The second kappa shape index (κ2) is 8.85. The normalized spacial score (nSPS) is 11.5. The minimum absolute atomic E-state index is 0.0815. The van der Waals surface area contributed by atoms with Gasteiger partial charge in [0.05, 0.1) is 18.3 Å². The Morgan fingerprint density at radius 1 is 1.07 bits per heavy atom. The van der Waals surface area contributed by atoms with Gasteiger partial charge in [-0.1, -0.05) is 42.5 Å². The van der Waals surface area contributed by atoms with E-state index in [4.69, 9.17) is 4.74 Å². The molecule has 3 rings (SSSR count). The van der Waals surface area contributed by atoms with E-state index in [1.54, 1.807) is 18.3 Å². The summed E-state index contributed by atoms with van der Waals surface area (Å²) in [6.07, 6.45) is 1.62. The van der Waals surface area contributed by atoms with E-state index in [0.29, 0.717) is 18.0 Å². The van der Waals surface area contributed by atoms with Gasteiger partial charge in [-0.25, -0.2) is 4.98 Å². The van der Waals surface area contributed by atoms with Crippen molar-refractivity contribution in [1.29, 1.82) is 0 Å². The highest BCUT2D eigenvalue weighted by Gasteiger charge is 2.12. The number of amides is 1. The maximum Gasteiger partial charge on any atom is 0.251 e. The van der Waals surface area contributed by atoms with E-state index in [2.05, 4.69) is 15.6 Å². The third kappa shape index (κ3) is 4.85. The molecule has 2 N–H and O–H groups in total. The van der Waals surface area contributed by atoms with Gasteiger partial charge < -0.3 is 15.4 Å². The maximum atomic E-state index is 12.6. The van der Waals surface area contributed by atoms with Crippen LogP contribution in [0.5, 0.6) is 5.75 Å². The van der Waals surface area contributed by atoms with Crippen LogP contribution >= 0.6 is 0 Å². The molecule has 0 aliphatic heterocycles. The van der Waals surface area contributed by atoms with Gasteiger partial charge in [-0.2, -0.15) is 0 Å². The van der Waals surface area contributed by atoms with Gasteiger partial charge >= 0.3 is 0 Å². The van der Waals surface area contributed by atoms with E-state index in [9.17, 15) is 4.79 Å². The van der Waals surface area contributed by atoms with Crippen LogP contribution in [0.15, 0.2) is 72.9 Å². The van der Waals surface area contributed by atoms with E-state index >= 15 is 0 Å². The number of carbonyl (C=O) groups is 1. The number of benzene rings is 2. The molecular weight excluding hydrogens is 338 g/mol. The van der Waals surface area contributed by atoms with Crippen LogP contribution < -0.4 is 15.4 Å². The number of carbonyl (C=O) groups excluding carboxylic acids is 1. The molecule has 1 unspecified atom stereocenters. The lowest BCUT2D eigenvalue weighted by atomic mass is 10.1. The van der Waals surface area contributed by atoms with Gasteiger partial charge in [0.1, 0.15) is 11.6 Å². The van der Waals surface area contributed by atoms with Crippen LogP contribution in [0.1, 0.15) is 35.8 Å². The first-order valence-corrected chi connectivity index (χ1v) is 8.98. The smallest absolute Gasteiger partial charge is 0.251 e. The predicted molar refractivity (Wildman–Crippen MR) is 107 cm³/mol. The average molecular weight is 361 g/mol. The third-order valence-corrected chi connectivity index (χ3v) is 4.12. The summed E-state index contributed by atoms with van der Waals surface area (Å²) in [5.41, 5.74) is 2.41. The molecule has 5 heteroatoms. The van der Waals surface area contributed by atoms with Crippen LogP contribution in [0.4, 0.5) is 11.5 Å². The van der Waals surface area contributed by atoms with E-state index in [1.165, 1.54) is 0 Å².